The molecule has 0 N–H and O–H groups in total. The molecule has 0 spiro atoms. The number of hydrogen-bond acceptors (Lipinski definition) is 4. The molecule has 2 atom stereocenters. The van der Waals surface area contributed by atoms with E-state index in [1.165, 1.54) is 0 Å². The number of benzene rings is 1. The number of carbonyl (C=O) groups excluding carboxylic acids is 1. The lowest BCUT2D eigenvalue weighted by Crippen LogP contribution is -2.15. The van der Waals surface area contributed by atoms with E-state index in [0.29, 0.717) is 12.0 Å². The van der Waals surface area contributed by atoms with Crippen LogP contribution in [0.2, 0.25) is 0 Å². The molecule has 0 aliphatic heterocycles. The van der Waals surface area contributed by atoms with E-state index in [0.717, 1.165) is 23.7 Å². The number of nitrogens with zero attached hydrogens (tertiary/aromatic N) is 2. The summed E-state index contributed by atoms with van der Waals surface area (Å²) in [5.74, 6) is -0.311. The second-order valence-corrected chi connectivity index (χ2v) is 5.04. The molecule has 1 aromatic heterocycles. The van der Waals surface area contributed by atoms with E-state index in [1.54, 1.807) is 24.4 Å². The third-order valence-corrected chi connectivity index (χ3v) is 3.71. The number of carbonyl (C=O) groups is 1. The molecule has 3 rings (SSSR count). The fourth-order valence-corrected chi connectivity index (χ4v) is 2.66. The minimum atomic E-state index is -0.327. The van der Waals surface area contributed by atoms with Gasteiger partial charge in [-0.15, -0.1) is 0 Å². The third kappa shape index (κ3) is 2.35. The molecule has 0 radical (unpaired) electrons. The number of nitriles is 1. The van der Waals surface area contributed by atoms with Gasteiger partial charge in [0.05, 0.1) is 17.1 Å². The van der Waals surface area contributed by atoms with Crippen LogP contribution in [0.15, 0.2) is 36.5 Å². The molecule has 2 aromatic rings. The average Bonchev–Trinajstić information content (AvgIpc) is 2.94. The summed E-state index contributed by atoms with van der Waals surface area (Å²) in [7, 11) is 0. The number of esters is 1. The highest BCUT2D eigenvalue weighted by molar-refractivity contribution is 6.03. The van der Waals surface area contributed by atoms with Crippen LogP contribution in [0.4, 0.5) is 0 Å². The van der Waals surface area contributed by atoms with Crippen molar-refractivity contribution in [1.82, 2.24) is 4.98 Å². The number of hydrogen-bond donors (Lipinski definition) is 0. The predicted octanol–water partition coefficient (Wildman–Crippen LogP) is 3.08. The molecule has 1 heterocycles. The normalized spacial score (nSPS) is 21.6. The average molecular weight is 266 g/mol. The van der Waals surface area contributed by atoms with Crippen LogP contribution in [0.25, 0.3) is 10.9 Å². The predicted molar refractivity (Wildman–Crippen MR) is 73.9 cm³/mol. The third-order valence-electron chi connectivity index (χ3n) is 3.71. The van der Waals surface area contributed by atoms with Crippen molar-refractivity contribution >= 4 is 16.9 Å². The van der Waals surface area contributed by atoms with E-state index in [4.69, 9.17) is 10.00 Å². The molecule has 0 unspecified atom stereocenters. The van der Waals surface area contributed by atoms with Crippen molar-refractivity contribution in [2.45, 2.75) is 25.4 Å². The smallest absolute Gasteiger partial charge is 0.339 e. The van der Waals surface area contributed by atoms with E-state index in [1.807, 2.05) is 12.1 Å². The number of aromatic nitrogens is 1. The van der Waals surface area contributed by atoms with Gasteiger partial charge < -0.3 is 4.74 Å². The van der Waals surface area contributed by atoms with Gasteiger partial charge in [-0.1, -0.05) is 12.1 Å². The van der Waals surface area contributed by atoms with Crippen LogP contribution in [-0.2, 0) is 4.74 Å². The lowest BCUT2D eigenvalue weighted by Gasteiger charge is -2.12. The van der Waals surface area contributed by atoms with Gasteiger partial charge in [-0.05, 0) is 31.0 Å². The topological polar surface area (TPSA) is 63.0 Å². The summed E-state index contributed by atoms with van der Waals surface area (Å²) in [5, 5.41) is 9.68. The monoisotopic (exact) mass is 266 g/mol. The summed E-state index contributed by atoms with van der Waals surface area (Å²) in [6, 6.07) is 11.3. The molecule has 1 aliphatic carbocycles. The van der Waals surface area contributed by atoms with Crippen LogP contribution in [0.5, 0.6) is 0 Å². The summed E-state index contributed by atoms with van der Waals surface area (Å²) in [6.45, 7) is 0. The van der Waals surface area contributed by atoms with Crippen LogP contribution in [-0.4, -0.2) is 17.1 Å². The number of pyridine rings is 1. The molecule has 1 saturated carbocycles. The Morgan fingerprint density at radius 1 is 1.30 bits per heavy atom. The number of fused-ring (bicyclic) bond motifs is 1. The Balaban J connectivity index is 1.81. The summed E-state index contributed by atoms with van der Waals surface area (Å²) in [6.07, 6.45) is 3.79. The van der Waals surface area contributed by atoms with Crippen LogP contribution in [0.1, 0.15) is 29.6 Å². The molecule has 1 aromatic carbocycles. The van der Waals surface area contributed by atoms with E-state index in [-0.39, 0.29) is 18.0 Å². The van der Waals surface area contributed by atoms with Crippen LogP contribution < -0.4 is 0 Å². The molecular formula is C16H14N2O2. The first-order valence-electron chi connectivity index (χ1n) is 6.72. The molecule has 0 amide bonds. The molecule has 4 heteroatoms. The Labute approximate surface area is 117 Å². The van der Waals surface area contributed by atoms with Crippen molar-refractivity contribution in [1.29, 1.82) is 5.26 Å². The summed E-state index contributed by atoms with van der Waals surface area (Å²) in [4.78, 5) is 16.5. The lowest BCUT2D eigenvalue weighted by molar-refractivity contribution is 0.0315. The lowest BCUT2D eigenvalue weighted by atomic mass is 10.1. The molecule has 0 saturated heterocycles. The summed E-state index contributed by atoms with van der Waals surface area (Å²) < 4.78 is 5.52. The standard InChI is InChI=1S/C16H14N2O2/c17-10-11-6-7-12(9-11)20-16(19)14-3-1-5-15-13(14)4-2-8-18-15/h1-5,8,11-12H,6-7,9H2/t11-,12+/m1/s1. The minimum absolute atomic E-state index is 0.0157. The van der Waals surface area contributed by atoms with Gasteiger partial charge in [0.25, 0.3) is 0 Å². The van der Waals surface area contributed by atoms with Crippen molar-refractivity contribution < 1.29 is 9.53 Å². The van der Waals surface area contributed by atoms with Crippen LogP contribution in [0, 0.1) is 17.2 Å². The van der Waals surface area contributed by atoms with Crippen LogP contribution >= 0.6 is 0 Å². The number of rotatable bonds is 2. The zero-order valence-corrected chi connectivity index (χ0v) is 11.0. The van der Waals surface area contributed by atoms with Gasteiger partial charge in [-0.25, -0.2) is 4.79 Å². The Kier molecular flexibility index (Phi) is 3.34. The second kappa shape index (κ2) is 5.30. The maximum absolute atomic E-state index is 12.3. The fraction of sp³-hybridized carbons (Fsp3) is 0.312. The van der Waals surface area contributed by atoms with Crippen LogP contribution in [0.3, 0.4) is 0 Å². The van der Waals surface area contributed by atoms with Gasteiger partial charge >= 0.3 is 5.97 Å². The van der Waals surface area contributed by atoms with E-state index in [2.05, 4.69) is 11.1 Å². The van der Waals surface area contributed by atoms with Gasteiger partial charge in [-0.3, -0.25) is 4.98 Å². The number of ether oxygens (including phenoxy) is 1. The van der Waals surface area contributed by atoms with Gasteiger partial charge in [0.1, 0.15) is 6.10 Å². The summed E-state index contributed by atoms with van der Waals surface area (Å²) >= 11 is 0. The SMILES string of the molecule is N#C[C@@H]1CC[C@H](OC(=O)c2cccc3ncccc23)C1. The van der Waals surface area contributed by atoms with Gasteiger partial charge in [0.2, 0.25) is 0 Å². The highest BCUT2D eigenvalue weighted by Gasteiger charge is 2.28. The Morgan fingerprint density at radius 2 is 2.20 bits per heavy atom. The van der Waals surface area contributed by atoms with Gasteiger partial charge in [-0.2, -0.15) is 5.26 Å². The van der Waals surface area contributed by atoms with E-state index < -0.39 is 0 Å². The molecule has 100 valence electrons. The Bertz CT molecular complexity index is 685. The molecule has 20 heavy (non-hydrogen) atoms. The van der Waals surface area contributed by atoms with Crippen molar-refractivity contribution in [2.24, 2.45) is 5.92 Å². The second-order valence-electron chi connectivity index (χ2n) is 5.04. The molecule has 1 fully saturated rings. The first-order chi connectivity index (χ1) is 9.78. The highest BCUT2D eigenvalue weighted by Crippen LogP contribution is 2.28. The van der Waals surface area contributed by atoms with Crippen molar-refractivity contribution in [3.8, 4) is 6.07 Å². The largest absolute Gasteiger partial charge is 0.459 e. The zero-order chi connectivity index (χ0) is 13.9. The van der Waals surface area contributed by atoms with Crippen molar-refractivity contribution in [3.05, 3.63) is 42.1 Å². The van der Waals surface area contributed by atoms with Gasteiger partial charge in [0.15, 0.2) is 0 Å². The van der Waals surface area contributed by atoms with Gasteiger partial charge in [0, 0.05) is 23.9 Å². The highest BCUT2D eigenvalue weighted by atomic mass is 16.5. The first-order valence-corrected chi connectivity index (χ1v) is 6.72. The quantitative estimate of drug-likeness (QED) is 0.783. The Hall–Kier alpha value is -2.41. The Morgan fingerprint density at radius 3 is 3.00 bits per heavy atom. The minimum Gasteiger partial charge on any atom is -0.459 e. The maximum atomic E-state index is 12.3. The zero-order valence-electron chi connectivity index (χ0n) is 11.0. The van der Waals surface area contributed by atoms with E-state index in [9.17, 15) is 4.79 Å². The first kappa shape index (κ1) is 12.6. The molecular weight excluding hydrogens is 252 g/mol. The fourth-order valence-electron chi connectivity index (χ4n) is 2.66. The van der Waals surface area contributed by atoms with Crippen molar-refractivity contribution in [3.63, 3.8) is 0 Å². The molecule has 0 bridgehead atoms. The van der Waals surface area contributed by atoms with Crippen molar-refractivity contribution in [2.75, 3.05) is 0 Å². The van der Waals surface area contributed by atoms with E-state index >= 15 is 0 Å². The summed E-state index contributed by atoms with van der Waals surface area (Å²) in [5.41, 5.74) is 1.32. The maximum Gasteiger partial charge on any atom is 0.339 e. The molecule has 4 nitrogen and oxygen atoms in total. The molecule has 1 aliphatic rings.